The summed E-state index contributed by atoms with van der Waals surface area (Å²) in [5.74, 6) is 0.565. The van der Waals surface area contributed by atoms with Crippen LogP contribution in [0.2, 0.25) is 0 Å². The van der Waals surface area contributed by atoms with Gasteiger partial charge in [-0.15, -0.1) is 0 Å². The number of amides is 1. The lowest BCUT2D eigenvalue weighted by molar-refractivity contribution is 0.0948. The van der Waals surface area contributed by atoms with Crippen LogP contribution >= 0.6 is 0 Å². The second kappa shape index (κ2) is 5.54. The Labute approximate surface area is 135 Å². The van der Waals surface area contributed by atoms with Crippen molar-refractivity contribution in [3.63, 3.8) is 0 Å². The number of nitrogens with one attached hydrogen (secondary N) is 1. The Morgan fingerprint density at radius 2 is 2.00 bits per heavy atom. The molecule has 4 heteroatoms. The second-order valence-corrected chi connectivity index (χ2v) is 6.26. The number of rotatable bonds is 4. The van der Waals surface area contributed by atoms with Gasteiger partial charge in [0.2, 0.25) is 0 Å². The third-order valence-electron chi connectivity index (χ3n) is 4.32. The minimum Gasteiger partial charge on any atom is -0.350 e. The van der Waals surface area contributed by atoms with Crippen molar-refractivity contribution in [3.8, 4) is 11.3 Å². The minimum atomic E-state index is -0.0869. The topological polar surface area (TPSA) is 46.4 Å². The molecule has 2 aromatic heterocycles. The molecule has 0 spiro atoms. The van der Waals surface area contributed by atoms with E-state index in [1.807, 2.05) is 40.9 Å². The van der Waals surface area contributed by atoms with E-state index in [1.54, 1.807) is 0 Å². The van der Waals surface area contributed by atoms with E-state index in [1.165, 1.54) is 18.4 Å². The van der Waals surface area contributed by atoms with Crippen LogP contribution < -0.4 is 5.32 Å². The number of carbonyl (C=O) groups excluding carboxylic acids is 1. The van der Waals surface area contributed by atoms with E-state index in [0.29, 0.717) is 11.6 Å². The molecule has 1 fully saturated rings. The molecule has 1 saturated carbocycles. The molecule has 0 saturated heterocycles. The van der Waals surface area contributed by atoms with Crippen molar-refractivity contribution in [2.75, 3.05) is 6.54 Å². The first-order valence-corrected chi connectivity index (χ1v) is 8.05. The fourth-order valence-corrected chi connectivity index (χ4v) is 2.78. The zero-order valence-electron chi connectivity index (χ0n) is 13.1. The van der Waals surface area contributed by atoms with E-state index in [-0.39, 0.29) is 5.91 Å². The first-order chi connectivity index (χ1) is 11.2. The molecule has 4 rings (SSSR count). The monoisotopic (exact) mass is 305 g/mol. The smallest absolute Gasteiger partial charge is 0.272 e. The first kappa shape index (κ1) is 14.0. The van der Waals surface area contributed by atoms with Crippen LogP contribution in [0.15, 0.2) is 48.7 Å². The van der Waals surface area contributed by atoms with Crippen LogP contribution in [-0.2, 0) is 0 Å². The third-order valence-corrected chi connectivity index (χ3v) is 4.32. The number of benzene rings is 1. The van der Waals surface area contributed by atoms with Gasteiger partial charge in [-0.3, -0.25) is 9.20 Å². The third kappa shape index (κ3) is 2.72. The summed E-state index contributed by atoms with van der Waals surface area (Å²) in [6.45, 7) is 2.81. The van der Waals surface area contributed by atoms with E-state index in [0.717, 1.165) is 23.4 Å². The van der Waals surface area contributed by atoms with Crippen molar-refractivity contribution < 1.29 is 4.79 Å². The fourth-order valence-electron chi connectivity index (χ4n) is 2.78. The average Bonchev–Trinajstić information content (AvgIpc) is 3.32. The molecule has 1 aliphatic rings. The van der Waals surface area contributed by atoms with Gasteiger partial charge in [0, 0.05) is 18.3 Å². The highest BCUT2D eigenvalue weighted by atomic mass is 16.1. The number of aryl methyl sites for hydroxylation is 1. The number of pyridine rings is 1. The van der Waals surface area contributed by atoms with Gasteiger partial charge in [-0.1, -0.05) is 35.9 Å². The summed E-state index contributed by atoms with van der Waals surface area (Å²) in [5, 5.41) is 3.03. The Balaban J connectivity index is 1.80. The van der Waals surface area contributed by atoms with Crippen LogP contribution in [-0.4, -0.2) is 21.8 Å². The lowest BCUT2D eigenvalue weighted by atomic mass is 10.1. The van der Waals surface area contributed by atoms with Crippen LogP contribution in [0.5, 0.6) is 0 Å². The predicted molar refractivity (Wildman–Crippen MR) is 90.4 cm³/mol. The largest absolute Gasteiger partial charge is 0.350 e. The standard InChI is InChI=1S/C19H19N3O/c1-13-5-9-15(10-6-13)18-17(19(23)20-12-14-7-8-14)21-16-4-2-3-11-22(16)18/h2-6,9-11,14H,7-8,12H2,1H3,(H,20,23). The van der Waals surface area contributed by atoms with Gasteiger partial charge < -0.3 is 5.32 Å². The van der Waals surface area contributed by atoms with Crippen LogP contribution in [0.4, 0.5) is 0 Å². The lowest BCUT2D eigenvalue weighted by Gasteiger charge is -2.07. The lowest BCUT2D eigenvalue weighted by Crippen LogP contribution is -2.26. The molecule has 2 heterocycles. The SMILES string of the molecule is Cc1ccc(-c2c(C(=O)NCC3CC3)nc3ccccn23)cc1. The summed E-state index contributed by atoms with van der Waals surface area (Å²) < 4.78 is 1.98. The quantitative estimate of drug-likeness (QED) is 0.802. The van der Waals surface area contributed by atoms with Gasteiger partial charge in [0.25, 0.3) is 5.91 Å². The van der Waals surface area contributed by atoms with Crippen molar-refractivity contribution in [1.29, 1.82) is 0 Å². The van der Waals surface area contributed by atoms with E-state index in [9.17, 15) is 4.79 Å². The maximum atomic E-state index is 12.6. The van der Waals surface area contributed by atoms with Crippen LogP contribution in [0, 0.1) is 12.8 Å². The highest BCUT2D eigenvalue weighted by molar-refractivity contribution is 5.99. The zero-order valence-corrected chi connectivity index (χ0v) is 13.1. The van der Waals surface area contributed by atoms with E-state index >= 15 is 0 Å². The summed E-state index contributed by atoms with van der Waals surface area (Å²) in [4.78, 5) is 17.2. The van der Waals surface area contributed by atoms with Crippen molar-refractivity contribution >= 4 is 11.6 Å². The maximum Gasteiger partial charge on any atom is 0.272 e. The number of aromatic nitrogens is 2. The summed E-state index contributed by atoms with van der Waals surface area (Å²) >= 11 is 0. The van der Waals surface area contributed by atoms with Crippen LogP contribution in [0.3, 0.4) is 0 Å². The minimum absolute atomic E-state index is 0.0869. The maximum absolute atomic E-state index is 12.6. The summed E-state index contributed by atoms with van der Waals surface area (Å²) in [7, 11) is 0. The Bertz CT molecular complexity index is 860. The average molecular weight is 305 g/mol. The van der Waals surface area contributed by atoms with Gasteiger partial charge in [0.05, 0.1) is 5.69 Å². The number of imidazole rings is 1. The molecule has 3 aromatic rings. The van der Waals surface area contributed by atoms with E-state index < -0.39 is 0 Å². The van der Waals surface area contributed by atoms with E-state index in [4.69, 9.17) is 0 Å². The molecule has 0 bridgehead atoms. The summed E-state index contributed by atoms with van der Waals surface area (Å²) in [6, 6.07) is 14.0. The highest BCUT2D eigenvalue weighted by Gasteiger charge is 2.24. The molecule has 4 nitrogen and oxygen atoms in total. The molecular weight excluding hydrogens is 286 g/mol. The van der Waals surface area contributed by atoms with Crippen LogP contribution in [0.1, 0.15) is 28.9 Å². The van der Waals surface area contributed by atoms with Gasteiger partial charge in [0.1, 0.15) is 5.65 Å². The molecule has 116 valence electrons. The molecule has 1 N–H and O–H groups in total. The molecule has 1 aromatic carbocycles. The Hall–Kier alpha value is -2.62. The normalized spacial score (nSPS) is 14.1. The Kier molecular flexibility index (Phi) is 3.37. The highest BCUT2D eigenvalue weighted by Crippen LogP contribution is 2.29. The van der Waals surface area contributed by atoms with Crippen molar-refractivity contribution in [3.05, 3.63) is 59.9 Å². The number of fused-ring (bicyclic) bond motifs is 1. The van der Waals surface area contributed by atoms with Gasteiger partial charge in [-0.05, 0) is 37.8 Å². The van der Waals surface area contributed by atoms with Gasteiger partial charge in [0.15, 0.2) is 5.69 Å². The zero-order chi connectivity index (χ0) is 15.8. The number of nitrogens with zero attached hydrogens (tertiary/aromatic N) is 2. The van der Waals surface area contributed by atoms with Gasteiger partial charge >= 0.3 is 0 Å². The Morgan fingerprint density at radius 3 is 2.74 bits per heavy atom. The van der Waals surface area contributed by atoms with Crippen molar-refractivity contribution in [1.82, 2.24) is 14.7 Å². The van der Waals surface area contributed by atoms with Crippen molar-refractivity contribution in [2.24, 2.45) is 5.92 Å². The molecule has 23 heavy (non-hydrogen) atoms. The predicted octanol–water partition coefficient (Wildman–Crippen LogP) is 3.45. The molecule has 0 radical (unpaired) electrons. The molecule has 1 aliphatic carbocycles. The second-order valence-electron chi connectivity index (χ2n) is 6.26. The van der Waals surface area contributed by atoms with Gasteiger partial charge in [-0.25, -0.2) is 4.98 Å². The molecular formula is C19H19N3O. The Morgan fingerprint density at radius 1 is 1.22 bits per heavy atom. The van der Waals surface area contributed by atoms with Gasteiger partial charge in [-0.2, -0.15) is 0 Å². The molecule has 0 aliphatic heterocycles. The summed E-state index contributed by atoms with van der Waals surface area (Å²) in [6.07, 6.45) is 4.39. The van der Waals surface area contributed by atoms with E-state index in [2.05, 4.69) is 29.4 Å². The molecule has 1 amide bonds. The molecule has 0 atom stereocenters. The molecule has 0 unspecified atom stereocenters. The fraction of sp³-hybridized carbons (Fsp3) is 0.263. The number of carbonyl (C=O) groups is 1. The first-order valence-electron chi connectivity index (χ1n) is 8.05. The van der Waals surface area contributed by atoms with Crippen molar-refractivity contribution in [2.45, 2.75) is 19.8 Å². The number of hydrogen-bond donors (Lipinski definition) is 1. The summed E-state index contributed by atoms with van der Waals surface area (Å²) in [5.41, 5.74) is 4.35. The number of hydrogen-bond acceptors (Lipinski definition) is 2. The van der Waals surface area contributed by atoms with Crippen LogP contribution in [0.25, 0.3) is 16.9 Å².